The molecule has 6 nitrogen and oxygen atoms in total. The van der Waals surface area contributed by atoms with Crippen LogP contribution in [-0.4, -0.2) is 26.3 Å². The molecule has 1 aromatic carbocycles. The maximum atomic E-state index is 13.8. The molecule has 0 saturated heterocycles. The van der Waals surface area contributed by atoms with Crippen LogP contribution < -0.4 is 11.3 Å². The first-order chi connectivity index (χ1) is 9.49. The Morgan fingerprint density at radius 1 is 1.45 bits per heavy atom. The summed E-state index contributed by atoms with van der Waals surface area (Å²) in [7, 11) is 0. The van der Waals surface area contributed by atoms with E-state index in [0.29, 0.717) is 0 Å². The second-order valence-corrected chi connectivity index (χ2v) is 4.72. The molecule has 0 saturated carbocycles. The molecule has 3 N–H and O–H groups in total. The van der Waals surface area contributed by atoms with E-state index >= 15 is 0 Å². The SMILES string of the molecule is NC(=O)CSc1nc(O)cc(=O)n1-c1ccccc1F. The van der Waals surface area contributed by atoms with Gasteiger partial charge in [-0.25, -0.2) is 4.39 Å². The molecule has 0 aliphatic rings. The number of primary amides is 1. The van der Waals surface area contributed by atoms with Crippen LogP contribution >= 0.6 is 11.8 Å². The van der Waals surface area contributed by atoms with Gasteiger partial charge in [0.15, 0.2) is 5.16 Å². The van der Waals surface area contributed by atoms with Crippen molar-refractivity contribution < 1.29 is 14.3 Å². The van der Waals surface area contributed by atoms with Crippen molar-refractivity contribution in [3.8, 4) is 11.6 Å². The fourth-order valence-electron chi connectivity index (χ4n) is 1.54. The molecule has 1 aromatic heterocycles. The molecule has 104 valence electrons. The summed E-state index contributed by atoms with van der Waals surface area (Å²) in [5.41, 5.74) is 4.35. The summed E-state index contributed by atoms with van der Waals surface area (Å²) in [6.07, 6.45) is 0. The molecule has 20 heavy (non-hydrogen) atoms. The van der Waals surface area contributed by atoms with Crippen molar-refractivity contribution in [2.45, 2.75) is 5.16 Å². The molecule has 0 radical (unpaired) electrons. The quantitative estimate of drug-likeness (QED) is 0.637. The van der Waals surface area contributed by atoms with E-state index in [1.807, 2.05) is 0 Å². The number of rotatable bonds is 4. The number of amides is 1. The number of aromatic hydroxyl groups is 1. The van der Waals surface area contributed by atoms with E-state index < -0.39 is 23.2 Å². The minimum atomic E-state index is -0.658. The molecule has 0 aliphatic heterocycles. The first-order valence-corrected chi connectivity index (χ1v) is 6.46. The Morgan fingerprint density at radius 3 is 2.80 bits per heavy atom. The Morgan fingerprint density at radius 2 is 2.15 bits per heavy atom. The van der Waals surface area contributed by atoms with Crippen molar-refractivity contribution in [1.82, 2.24) is 9.55 Å². The number of hydrogen-bond acceptors (Lipinski definition) is 5. The predicted octanol–water partition coefficient (Wildman–Crippen LogP) is 0.655. The lowest BCUT2D eigenvalue weighted by Gasteiger charge is -2.11. The standard InChI is InChI=1S/C12H10FN3O3S/c13-7-3-1-2-4-8(7)16-11(19)5-10(18)15-12(16)20-6-9(14)17/h1-5,18H,6H2,(H2,14,17). The van der Waals surface area contributed by atoms with Gasteiger partial charge >= 0.3 is 0 Å². The number of para-hydroxylation sites is 1. The zero-order valence-electron chi connectivity index (χ0n) is 10.1. The van der Waals surface area contributed by atoms with E-state index in [0.717, 1.165) is 22.4 Å². The van der Waals surface area contributed by atoms with Gasteiger partial charge in [0.25, 0.3) is 5.56 Å². The molecular formula is C12H10FN3O3S. The number of thioether (sulfide) groups is 1. The maximum absolute atomic E-state index is 13.8. The molecule has 1 amide bonds. The van der Waals surface area contributed by atoms with Crippen LogP contribution in [0.1, 0.15) is 0 Å². The summed E-state index contributed by atoms with van der Waals surface area (Å²) in [6, 6.07) is 6.48. The van der Waals surface area contributed by atoms with Crippen molar-refractivity contribution in [2.24, 2.45) is 5.73 Å². The third kappa shape index (κ3) is 2.97. The third-order valence-electron chi connectivity index (χ3n) is 2.31. The molecule has 0 atom stereocenters. The number of carbonyl (C=O) groups is 1. The van der Waals surface area contributed by atoms with Gasteiger partial charge in [-0.1, -0.05) is 23.9 Å². The lowest BCUT2D eigenvalue weighted by molar-refractivity contribution is -0.115. The zero-order chi connectivity index (χ0) is 14.7. The van der Waals surface area contributed by atoms with Gasteiger partial charge in [-0.2, -0.15) is 4.98 Å². The average molecular weight is 295 g/mol. The number of nitrogens with two attached hydrogens (primary N) is 1. The summed E-state index contributed by atoms with van der Waals surface area (Å²) in [5.74, 6) is -1.89. The maximum Gasteiger partial charge on any atom is 0.262 e. The highest BCUT2D eigenvalue weighted by molar-refractivity contribution is 7.99. The van der Waals surface area contributed by atoms with Crippen LogP contribution in [0.3, 0.4) is 0 Å². The number of halogens is 1. The van der Waals surface area contributed by atoms with Crippen LogP contribution in [0.15, 0.2) is 40.3 Å². The number of carbonyl (C=O) groups excluding carboxylic acids is 1. The highest BCUT2D eigenvalue weighted by Gasteiger charge is 2.14. The van der Waals surface area contributed by atoms with Crippen molar-refractivity contribution >= 4 is 17.7 Å². The van der Waals surface area contributed by atoms with Crippen molar-refractivity contribution in [1.29, 1.82) is 0 Å². The minimum Gasteiger partial charge on any atom is -0.493 e. The van der Waals surface area contributed by atoms with Crippen LogP contribution in [-0.2, 0) is 4.79 Å². The van der Waals surface area contributed by atoms with Gasteiger partial charge in [0.1, 0.15) is 5.82 Å². The van der Waals surface area contributed by atoms with Crippen LogP contribution in [0.4, 0.5) is 4.39 Å². The van der Waals surface area contributed by atoms with Crippen LogP contribution in [0.25, 0.3) is 5.69 Å². The minimum absolute atomic E-state index is 0.0149. The van der Waals surface area contributed by atoms with Gasteiger partial charge in [0, 0.05) is 0 Å². The highest BCUT2D eigenvalue weighted by Crippen LogP contribution is 2.21. The molecule has 0 unspecified atom stereocenters. The van der Waals surface area contributed by atoms with Crippen LogP contribution in [0, 0.1) is 5.82 Å². The van der Waals surface area contributed by atoms with Crippen molar-refractivity contribution in [3.63, 3.8) is 0 Å². The molecule has 2 rings (SSSR count). The zero-order valence-corrected chi connectivity index (χ0v) is 10.9. The fraction of sp³-hybridized carbons (Fsp3) is 0.0833. The molecule has 8 heteroatoms. The molecule has 0 bridgehead atoms. The van der Waals surface area contributed by atoms with Crippen LogP contribution in [0.5, 0.6) is 5.88 Å². The third-order valence-corrected chi connectivity index (χ3v) is 3.27. The summed E-state index contributed by atoms with van der Waals surface area (Å²) in [4.78, 5) is 26.5. The van der Waals surface area contributed by atoms with E-state index in [4.69, 9.17) is 5.73 Å². The fourth-order valence-corrected chi connectivity index (χ4v) is 2.28. The Kier molecular flexibility index (Phi) is 4.04. The second-order valence-electron chi connectivity index (χ2n) is 3.78. The number of nitrogens with zero attached hydrogens (tertiary/aromatic N) is 2. The molecule has 0 spiro atoms. The van der Waals surface area contributed by atoms with E-state index in [1.54, 1.807) is 6.07 Å². The summed E-state index contributed by atoms with van der Waals surface area (Å²) < 4.78 is 14.8. The summed E-state index contributed by atoms with van der Waals surface area (Å²) in [5, 5.41) is 9.34. The van der Waals surface area contributed by atoms with Gasteiger partial charge in [0.05, 0.1) is 17.5 Å². The second kappa shape index (κ2) is 5.74. The molecular weight excluding hydrogens is 285 g/mol. The van der Waals surface area contributed by atoms with E-state index in [-0.39, 0.29) is 16.6 Å². The summed E-state index contributed by atoms with van der Waals surface area (Å²) in [6.45, 7) is 0. The lowest BCUT2D eigenvalue weighted by Crippen LogP contribution is -2.22. The van der Waals surface area contributed by atoms with Crippen LogP contribution in [0.2, 0.25) is 0 Å². The average Bonchev–Trinajstić information content (AvgIpc) is 2.37. The monoisotopic (exact) mass is 295 g/mol. The molecule has 2 aromatic rings. The van der Waals surface area contributed by atoms with E-state index in [1.165, 1.54) is 18.2 Å². The van der Waals surface area contributed by atoms with Gasteiger partial charge in [-0.05, 0) is 12.1 Å². The summed E-state index contributed by atoms with van der Waals surface area (Å²) >= 11 is 0.838. The van der Waals surface area contributed by atoms with Gasteiger partial charge < -0.3 is 10.8 Å². The Bertz CT molecular complexity index is 717. The van der Waals surface area contributed by atoms with Crippen molar-refractivity contribution in [3.05, 3.63) is 46.5 Å². The van der Waals surface area contributed by atoms with Gasteiger partial charge in [-0.3, -0.25) is 14.2 Å². The Balaban J connectivity index is 2.59. The van der Waals surface area contributed by atoms with Crippen molar-refractivity contribution in [2.75, 3.05) is 5.75 Å². The molecule has 0 fully saturated rings. The molecule has 0 aliphatic carbocycles. The first-order valence-electron chi connectivity index (χ1n) is 5.48. The smallest absolute Gasteiger partial charge is 0.262 e. The van der Waals surface area contributed by atoms with E-state index in [2.05, 4.69) is 4.98 Å². The Hall–Kier alpha value is -2.35. The normalized spacial score (nSPS) is 10.4. The largest absolute Gasteiger partial charge is 0.493 e. The number of hydrogen-bond donors (Lipinski definition) is 2. The lowest BCUT2D eigenvalue weighted by atomic mass is 10.3. The number of benzene rings is 1. The predicted molar refractivity (Wildman–Crippen MR) is 71.4 cm³/mol. The van der Waals surface area contributed by atoms with E-state index in [9.17, 15) is 19.1 Å². The van der Waals surface area contributed by atoms with Gasteiger partial charge in [-0.15, -0.1) is 0 Å². The molecule has 1 heterocycles. The highest BCUT2D eigenvalue weighted by atomic mass is 32.2. The first kappa shape index (κ1) is 14.1. The topological polar surface area (TPSA) is 98.2 Å². The number of aromatic nitrogens is 2. The Labute approximate surface area is 117 Å². The van der Waals surface area contributed by atoms with Gasteiger partial charge in [0.2, 0.25) is 11.8 Å².